The summed E-state index contributed by atoms with van der Waals surface area (Å²) in [6.07, 6.45) is 0.298. The molecule has 0 aromatic heterocycles. The van der Waals surface area contributed by atoms with Crippen molar-refractivity contribution in [3.05, 3.63) is 71.3 Å². The molecule has 0 fully saturated rings. The van der Waals surface area contributed by atoms with E-state index in [9.17, 15) is 9.59 Å². The smallest absolute Gasteiger partial charge is 0.252 e. The predicted molar refractivity (Wildman–Crippen MR) is 83.5 cm³/mol. The van der Waals surface area contributed by atoms with Gasteiger partial charge in [0.05, 0.1) is 5.56 Å². The van der Waals surface area contributed by atoms with Gasteiger partial charge in [0, 0.05) is 18.0 Å². The maximum Gasteiger partial charge on any atom is 0.252 e. The quantitative estimate of drug-likeness (QED) is 0.855. The van der Waals surface area contributed by atoms with Gasteiger partial charge in [0.1, 0.15) is 0 Å². The van der Waals surface area contributed by atoms with Crippen LogP contribution in [0.5, 0.6) is 0 Å². The molecule has 108 valence electrons. The molecule has 3 nitrogen and oxygen atoms in total. The van der Waals surface area contributed by atoms with Gasteiger partial charge >= 0.3 is 0 Å². The van der Waals surface area contributed by atoms with Crippen molar-refractivity contribution in [3.63, 3.8) is 0 Å². The molecule has 2 aromatic carbocycles. The van der Waals surface area contributed by atoms with E-state index in [4.69, 9.17) is 0 Å². The number of carbonyl (C=O) groups excluding carboxylic acids is 2. The second-order valence-corrected chi connectivity index (χ2v) is 5.26. The highest BCUT2D eigenvalue weighted by molar-refractivity contribution is 6.08. The van der Waals surface area contributed by atoms with E-state index in [1.54, 1.807) is 24.3 Å². The fourth-order valence-electron chi connectivity index (χ4n) is 2.14. The monoisotopic (exact) mass is 281 g/mol. The Balaban J connectivity index is 2.23. The van der Waals surface area contributed by atoms with Gasteiger partial charge in [-0.05, 0) is 25.5 Å². The van der Waals surface area contributed by atoms with E-state index in [0.29, 0.717) is 17.5 Å². The first kappa shape index (κ1) is 15.0. The number of Topliss-reactive ketones (excluding diaryl/α,β-unsaturated/α-hetero) is 1. The summed E-state index contributed by atoms with van der Waals surface area (Å²) in [4.78, 5) is 24.6. The van der Waals surface area contributed by atoms with Crippen molar-refractivity contribution >= 4 is 11.7 Å². The maximum absolute atomic E-state index is 12.4. The molecule has 0 atom stereocenters. The zero-order valence-electron chi connectivity index (χ0n) is 12.3. The van der Waals surface area contributed by atoms with E-state index in [2.05, 4.69) is 5.32 Å². The third-order valence-corrected chi connectivity index (χ3v) is 3.10. The van der Waals surface area contributed by atoms with E-state index >= 15 is 0 Å². The number of benzene rings is 2. The van der Waals surface area contributed by atoms with Crippen LogP contribution in [0.15, 0.2) is 54.6 Å². The van der Waals surface area contributed by atoms with E-state index in [1.807, 2.05) is 44.2 Å². The van der Waals surface area contributed by atoms with Gasteiger partial charge in [-0.2, -0.15) is 0 Å². The lowest BCUT2D eigenvalue weighted by Gasteiger charge is -2.11. The van der Waals surface area contributed by atoms with Gasteiger partial charge in [0.15, 0.2) is 5.78 Å². The molecule has 0 heterocycles. The van der Waals surface area contributed by atoms with E-state index in [-0.39, 0.29) is 17.7 Å². The highest BCUT2D eigenvalue weighted by atomic mass is 16.2. The van der Waals surface area contributed by atoms with Crippen molar-refractivity contribution in [2.75, 3.05) is 0 Å². The molecule has 1 N–H and O–H groups in total. The molecular formula is C18H19NO2. The molecule has 0 unspecified atom stereocenters. The minimum Gasteiger partial charge on any atom is -0.350 e. The van der Waals surface area contributed by atoms with Crippen molar-refractivity contribution in [1.82, 2.24) is 5.32 Å². The van der Waals surface area contributed by atoms with E-state index in [0.717, 1.165) is 5.56 Å². The highest BCUT2D eigenvalue weighted by Crippen LogP contribution is 2.13. The summed E-state index contributed by atoms with van der Waals surface area (Å²) in [7, 11) is 0. The van der Waals surface area contributed by atoms with Gasteiger partial charge in [-0.3, -0.25) is 9.59 Å². The number of ketones is 1. The lowest BCUT2D eigenvalue weighted by molar-refractivity contribution is 0.0926. The van der Waals surface area contributed by atoms with Gasteiger partial charge in [-0.1, -0.05) is 48.5 Å². The van der Waals surface area contributed by atoms with Crippen LogP contribution in [0.1, 0.15) is 40.1 Å². The summed E-state index contributed by atoms with van der Waals surface area (Å²) in [6, 6.07) is 16.5. The van der Waals surface area contributed by atoms with Crippen LogP contribution in [0.25, 0.3) is 0 Å². The third kappa shape index (κ3) is 4.02. The molecule has 0 saturated heterocycles. The molecule has 21 heavy (non-hydrogen) atoms. The van der Waals surface area contributed by atoms with Crippen LogP contribution in [0.2, 0.25) is 0 Å². The molecule has 2 aromatic rings. The minimum absolute atomic E-state index is 0.0368. The van der Waals surface area contributed by atoms with E-state index < -0.39 is 0 Å². The Morgan fingerprint density at radius 1 is 0.905 bits per heavy atom. The van der Waals surface area contributed by atoms with Crippen LogP contribution in [-0.2, 0) is 6.42 Å². The van der Waals surface area contributed by atoms with Crippen molar-refractivity contribution in [2.24, 2.45) is 0 Å². The van der Waals surface area contributed by atoms with Gasteiger partial charge in [-0.25, -0.2) is 0 Å². The summed E-state index contributed by atoms with van der Waals surface area (Å²) in [6.45, 7) is 3.79. The highest BCUT2D eigenvalue weighted by Gasteiger charge is 2.17. The summed E-state index contributed by atoms with van der Waals surface area (Å²) in [5.74, 6) is -0.252. The zero-order chi connectivity index (χ0) is 15.2. The van der Waals surface area contributed by atoms with Gasteiger partial charge in [-0.15, -0.1) is 0 Å². The van der Waals surface area contributed by atoms with Crippen LogP contribution in [0.3, 0.4) is 0 Å². The largest absolute Gasteiger partial charge is 0.350 e. The predicted octanol–water partition coefficient (Wildman–Crippen LogP) is 3.25. The van der Waals surface area contributed by atoms with Crippen molar-refractivity contribution in [1.29, 1.82) is 0 Å². The normalized spacial score (nSPS) is 10.4. The molecule has 0 bridgehead atoms. The molecule has 1 amide bonds. The first-order chi connectivity index (χ1) is 10.1. The van der Waals surface area contributed by atoms with E-state index in [1.165, 1.54) is 0 Å². The van der Waals surface area contributed by atoms with Crippen molar-refractivity contribution < 1.29 is 9.59 Å². The van der Waals surface area contributed by atoms with Crippen molar-refractivity contribution in [2.45, 2.75) is 26.3 Å². The summed E-state index contributed by atoms with van der Waals surface area (Å²) in [5.41, 5.74) is 1.85. The van der Waals surface area contributed by atoms with Gasteiger partial charge in [0.25, 0.3) is 5.91 Å². The molecular weight excluding hydrogens is 262 g/mol. The van der Waals surface area contributed by atoms with Crippen LogP contribution >= 0.6 is 0 Å². The van der Waals surface area contributed by atoms with Gasteiger partial charge in [0.2, 0.25) is 0 Å². The molecule has 0 aliphatic rings. The Morgan fingerprint density at radius 3 is 2.10 bits per heavy atom. The summed E-state index contributed by atoms with van der Waals surface area (Å²) >= 11 is 0. The molecule has 0 aliphatic heterocycles. The minimum atomic E-state index is -0.206. The number of nitrogens with one attached hydrogen (secondary N) is 1. The van der Waals surface area contributed by atoms with Gasteiger partial charge < -0.3 is 5.32 Å². The Bertz CT molecular complexity index is 633. The Kier molecular flexibility index (Phi) is 4.88. The Hall–Kier alpha value is -2.42. The van der Waals surface area contributed by atoms with Crippen LogP contribution in [0.4, 0.5) is 0 Å². The second kappa shape index (κ2) is 6.84. The van der Waals surface area contributed by atoms with Crippen LogP contribution < -0.4 is 5.32 Å². The Labute approximate surface area is 125 Å². The topological polar surface area (TPSA) is 46.2 Å². The number of hydrogen-bond donors (Lipinski definition) is 1. The standard InChI is InChI=1S/C18H19NO2/c1-13(2)19-18(21)16-11-7-6-10-15(16)17(20)12-14-8-4-3-5-9-14/h3-11,13H,12H2,1-2H3,(H,19,21). The molecule has 0 saturated carbocycles. The number of rotatable bonds is 5. The fraction of sp³-hybridized carbons (Fsp3) is 0.222. The average Bonchev–Trinajstić information content (AvgIpc) is 2.47. The molecule has 0 aliphatic carbocycles. The Morgan fingerprint density at radius 2 is 1.48 bits per heavy atom. The lowest BCUT2D eigenvalue weighted by atomic mass is 9.98. The number of hydrogen-bond acceptors (Lipinski definition) is 2. The number of carbonyl (C=O) groups is 2. The maximum atomic E-state index is 12.4. The first-order valence-electron chi connectivity index (χ1n) is 7.05. The molecule has 0 spiro atoms. The number of amides is 1. The summed E-state index contributed by atoms with van der Waals surface area (Å²) < 4.78 is 0. The van der Waals surface area contributed by atoms with Crippen LogP contribution in [0, 0.1) is 0 Å². The summed E-state index contributed by atoms with van der Waals surface area (Å²) in [5, 5.41) is 2.83. The average molecular weight is 281 g/mol. The second-order valence-electron chi connectivity index (χ2n) is 5.26. The third-order valence-electron chi connectivity index (χ3n) is 3.10. The van der Waals surface area contributed by atoms with Crippen molar-refractivity contribution in [3.8, 4) is 0 Å². The van der Waals surface area contributed by atoms with Crippen LogP contribution in [-0.4, -0.2) is 17.7 Å². The SMILES string of the molecule is CC(C)NC(=O)c1ccccc1C(=O)Cc1ccccc1. The zero-order valence-corrected chi connectivity index (χ0v) is 12.3. The lowest BCUT2D eigenvalue weighted by Crippen LogP contribution is -2.31. The first-order valence-corrected chi connectivity index (χ1v) is 7.05. The molecule has 3 heteroatoms. The fourth-order valence-corrected chi connectivity index (χ4v) is 2.14. The molecule has 0 radical (unpaired) electrons. The molecule has 2 rings (SSSR count).